The number of hydrogen-bond donors (Lipinski definition) is 3. The van der Waals surface area contributed by atoms with Gasteiger partial charge in [-0.1, -0.05) is 17.7 Å². The molecule has 0 aliphatic heterocycles. The number of aliphatic hydroxyl groups is 1. The molecular weight excluding hydrogens is 319 g/mol. The number of benzene rings is 1. The SMILES string of the molecule is CC(O)c1ccc(Nc2cc(Cl)c(C(F)(F)F)cc2N)nc1. The number of nitrogens with one attached hydrogen (secondary N) is 1. The van der Waals surface area contributed by atoms with Gasteiger partial charge in [-0.25, -0.2) is 4.98 Å². The van der Waals surface area contributed by atoms with Crippen LogP contribution in [0, 0.1) is 0 Å². The van der Waals surface area contributed by atoms with Crippen LogP contribution in [0.5, 0.6) is 0 Å². The maximum atomic E-state index is 12.7. The molecule has 0 bridgehead atoms. The minimum absolute atomic E-state index is 0.0990. The average Bonchev–Trinajstić information content (AvgIpc) is 2.42. The van der Waals surface area contributed by atoms with Gasteiger partial charge in [0, 0.05) is 6.20 Å². The first kappa shape index (κ1) is 16.4. The molecule has 4 nitrogen and oxygen atoms in total. The Morgan fingerprint density at radius 3 is 2.50 bits per heavy atom. The molecule has 118 valence electrons. The Balaban J connectivity index is 2.28. The largest absolute Gasteiger partial charge is 0.417 e. The predicted octanol–water partition coefficient (Wildman–Crippen LogP) is 4.13. The fourth-order valence-electron chi connectivity index (χ4n) is 1.78. The number of halogens is 4. The van der Waals surface area contributed by atoms with E-state index in [9.17, 15) is 18.3 Å². The highest BCUT2D eigenvalue weighted by Gasteiger charge is 2.33. The average molecular weight is 332 g/mol. The molecule has 0 amide bonds. The van der Waals surface area contributed by atoms with Gasteiger partial charge in [-0.2, -0.15) is 13.2 Å². The van der Waals surface area contributed by atoms with Crippen LogP contribution in [0.15, 0.2) is 30.5 Å². The molecule has 1 atom stereocenters. The highest BCUT2D eigenvalue weighted by molar-refractivity contribution is 6.32. The summed E-state index contributed by atoms with van der Waals surface area (Å²) in [5, 5.41) is 11.7. The van der Waals surface area contributed by atoms with Crippen LogP contribution in [0.3, 0.4) is 0 Å². The molecule has 1 unspecified atom stereocenters. The molecule has 22 heavy (non-hydrogen) atoms. The third kappa shape index (κ3) is 3.61. The Morgan fingerprint density at radius 1 is 1.32 bits per heavy atom. The van der Waals surface area contributed by atoms with E-state index in [1.807, 2.05) is 0 Å². The standard InChI is InChI=1S/C14H13ClF3N3O/c1-7(22)8-2-3-13(20-6-8)21-12-5-10(15)9(4-11(12)19)14(16,17)18/h2-7,22H,19H2,1H3,(H,20,21). The van der Waals surface area contributed by atoms with Crippen molar-refractivity contribution < 1.29 is 18.3 Å². The Morgan fingerprint density at radius 2 is 2.00 bits per heavy atom. The molecule has 0 fully saturated rings. The molecule has 0 saturated heterocycles. The van der Waals surface area contributed by atoms with Crippen molar-refractivity contribution in [2.24, 2.45) is 0 Å². The van der Waals surface area contributed by atoms with Gasteiger partial charge in [0.2, 0.25) is 0 Å². The number of aromatic nitrogens is 1. The summed E-state index contributed by atoms with van der Waals surface area (Å²) in [6, 6.07) is 5.09. The lowest BCUT2D eigenvalue weighted by Crippen LogP contribution is -2.08. The van der Waals surface area contributed by atoms with Gasteiger partial charge in [-0.05, 0) is 30.7 Å². The quantitative estimate of drug-likeness (QED) is 0.739. The van der Waals surface area contributed by atoms with Crippen molar-refractivity contribution in [1.82, 2.24) is 4.98 Å². The number of nitrogens with two attached hydrogens (primary N) is 1. The third-order valence-corrected chi connectivity index (χ3v) is 3.29. The zero-order valence-electron chi connectivity index (χ0n) is 11.4. The monoisotopic (exact) mass is 331 g/mol. The lowest BCUT2D eigenvalue weighted by Gasteiger charge is -2.14. The lowest BCUT2D eigenvalue weighted by molar-refractivity contribution is -0.137. The van der Waals surface area contributed by atoms with Crippen LogP contribution in [-0.2, 0) is 6.18 Å². The Bertz CT molecular complexity index is 672. The number of pyridine rings is 1. The summed E-state index contributed by atoms with van der Waals surface area (Å²) in [5.41, 5.74) is 5.37. The van der Waals surface area contributed by atoms with E-state index < -0.39 is 22.9 Å². The first-order valence-electron chi connectivity index (χ1n) is 6.25. The molecule has 1 heterocycles. The van der Waals surface area contributed by atoms with Crippen LogP contribution in [0.1, 0.15) is 24.2 Å². The Hall–Kier alpha value is -1.99. The van der Waals surface area contributed by atoms with E-state index in [1.165, 1.54) is 6.20 Å². The fourth-order valence-corrected chi connectivity index (χ4v) is 2.05. The molecule has 0 aliphatic carbocycles. The van der Waals surface area contributed by atoms with Crippen LogP contribution in [-0.4, -0.2) is 10.1 Å². The lowest BCUT2D eigenvalue weighted by atomic mass is 10.1. The van der Waals surface area contributed by atoms with Crippen molar-refractivity contribution in [3.8, 4) is 0 Å². The smallest absolute Gasteiger partial charge is 0.397 e. The number of alkyl halides is 3. The van der Waals surface area contributed by atoms with Crippen molar-refractivity contribution in [2.45, 2.75) is 19.2 Å². The number of hydrogen-bond acceptors (Lipinski definition) is 4. The van der Waals surface area contributed by atoms with Gasteiger partial charge >= 0.3 is 6.18 Å². The van der Waals surface area contributed by atoms with Gasteiger partial charge < -0.3 is 16.2 Å². The fraction of sp³-hybridized carbons (Fsp3) is 0.214. The molecule has 2 aromatic rings. The molecule has 4 N–H and O–H groups in total. The second-order valence-corrected chi connectivity index (χ2v) is 5.10. The maximum absolute atomic E-state index is 12.7. The van der Waals surface area contributed by atoms with Crippen molar-refractivity contribution in [3.05, 3.63) is 46.6 Å². The molecule has 0 spiro atoms. The summed E-state index contributed by atoms with van der Waals surface area (Å²) in [5.74, 6) is 0.368. The van der Waals surface area contributed by atoms with E-state index in [0.717, 1.165) is 12.1 Å². The van der Waals surface area contributed by atoms with E-state index in [2.05, 4.69) is 10.3 Å². The molecule has 1 aromatic heterocycles. The first-order chi connectivity index (χ1) is 10.2. The normalized spacial score (nSPS) is 13.0. The molecule has 1 aromatic carbocycles. The zero-order valence-corrected chi connectivity index (χ0v) is 12.2. The summed E-state index contributed by atoms with van der Waals surface area (Å²) in [7, 11) is 0. The second kappa shape index (κ2) is 6.02. The van der Waals surface area contributed by atoms with E-state index in [4.69, 9.17) is 17.3 Å². The number of aliphatic hydroxyl groups excluding tert-OH is 1. The Kier molecular flexibility index (Phi) is 4.48. The van der Waals surface area contributed by atoms with Crippen LogP contribution >= 0.6 is 11.6 Å². The minimum Gasteiger partial charge on any atom is -0.397 e. The van der Waals surface area contributed by atoms with Crippen molar-refractivity contribution in [2.75, 3.05) is 11.1 Å². The van der Waals surface area contributed by atoms with Crippen LogP contribution in [0.25, 0.3) is 0 Å². The molecule has 0 radical (unpaired) electrons. The topological polar surface area (TPSA) is 71.2 Å². The van der Waals surface area contributed by atoms with Gasteiger partial charge in [-0.3, -0.25) is 0 Å². The van der Waals surface area contributed by atoms with Crippen molar-refractivity contribution in [1.29, 1.82) is 0 Å². The molecule has 8 heteroatoms. The highest BCUT2D eigenvalue weighted by Crippen LogP contribution is 2.39. The van der Waals surface area contributed by atoms with Crippen LogP contribution in [0.4, 0.5) is 30.4 Å². The summed E-state index contributed by atoms with van der Waals surface area (Å²) < 4.78 is 38.1. The molecule has 0 aliphatic rings. The van der Waals surface area contributed by atoms with Gasteiger partial charge in [0.1, 0.15) is 5.82 Å². The molecular formula is C14H13ClF3N3O. The number of nitrogen functional groups attached to an aromatic ring is 1. The maximum Gasteiger partial charge on any atom is 0.417 e. The highest BCUT2D eigenvalue weighted by atomic mass is 35.5. The van der Waals surface area contributed by atoms with E-state index in [1.54, 1.807) is 19.1 Å². The van der Waals surface area contributed by atoms with Gasteiger partial charge in [0.25, 0.3) is 0 Å². The Labute approximate surface area is 129 Å². The summed E-state index contributed by atoms with van der Waals surface area (Å²) in [6.45, 7) is 1.59. The van der Waals surface area contributed by atoms with E-state index >= 15 is 0 Å². The van der Waals surface area contributed by atoms with Gasteiger partial charge in [-0.15, -0.1) is 0 Å². The van der Waals surface area contributed by atoms with Crippen LogP contribution < -0.4 is 11.1 Å². The third-order valence-electron chi connectivity index (χ3n) is 2.98. The number of rotatable bonds is 3. The molecule has 2 rings (SSSR count). The zero-order chi connectivity index (χ0) is 16.5. The van der Waals surface area contributed by atoms with Crippen molar-refractivity contribution in [3.63, 3.8) is 0 Å². The minimum atomic E-state index is -4.57. The first-order valence-corrected chi connectivity index (χ1v) is 6.63. The van der Waals surface area contributed by atoms with Gasteiger partial charge in [0.15, 0.2) is 0 Å². The predicted molar refractivity (Wildman–Crippen MR) is 79.0 cm³/mol. The number of anilines is 3. The van der Waals surface area contributed by atoms with E-state index in [-0.39, 0.29) is 11.4 Å². The number of nitrogens with zero attached hydrogens (tertiary/aromatic N) is 1. The summed E-state index contributed by atoms with van der Waals surface area (Å²) in [4.78, 5) is 4.05. The van der Waals surface area contributed by atoms with Crippen LogP contribution in [0.2, 0.25) is 5.02 Å². The van der Waals surface area contributed by atoms with E-state index in [0.29, 0.717) is 11.4 Å². The summed E-state index contributed by atoms with van der Waals surface area (Å²) >= 11 is 5.65. The summed E-state index contributed by atoms with van der Waals surface area (Å²) in [6.07, 6.45) is -3.78. The van der Waals surface area contributed by atoms with Crippen molar-refractivity contribution >= 4 is 28.8 Å². The molecule has 0 saturated carbocycles. The van der Waals surface area contributed by atoms with Gasteiger partial charge in [0.05, 0.1) is 28.1 Å². The second-order valence-electron chi connectivity index (χ2n) is 4.69.